The van der Waals surface area contributed by atoms with Crippen LogP contribution in [0.2, 0.25) is 5.02 Å². The molecule has 2 aromatic carbocycles. The molecule has 3 aromatic rings. The minimum atomic E-state index is -0.863. The normalized spacial score (nSPS) is 11.8. The van der Waals surface area contributed by atoms with E-state index in [2.05, 4.69) is 0 Å². The maximum atomic E-state index is 12.3. The summed E-state index contributed by atoms with van der Waals surface area (Å²) in [4.78, 5) is 12.3. The van der Waals surface area contributed by atoms with E-state index in [1.165, 1.54) is 6.07 Å². The highest BCUT2D eigenvalue weighted by atomic mass is 35.5. The van der Waals surface area contributed by atoms with Crippen molar-refractivity contribution in [3.63, 3.8) is 0 Å². The molecule has 122 valence electrons. The summed E-state index contributed by atoms with van der Waals surface area (Å²) in [6, 6.07) is 19.5. The highest BCUT2D eigenvalue weighted by Gasteiger charge is 2.25. The third-order valence-corrected chi connectivity index (χ3v) is 4.34. The van der Waals surface area contributed by atoms with Gasteiger partial charge in [0, 0.05) is 23.4 Å². The zero-order valence-electron chi connectivity index (χ0n) is 13.1. The Morgan fingerprint density at radius 2 is 1.72 bits per heavy atom. The van der Waals surface area contributed by atoms with E-state index in [-0.39, 0.29) is 11.8 Å². The molecule has 0 radical (unpaired) electrons. The van der Waals surface area contributed by atoms with Crippen molar-refractivity contribution in [2.24, 2.45) is 5.92 Å². The van der Waals surface area contributed by atoms with Crippen molar-refractivity contribution >= 4 is 22.6 Å². The van der Waals surface area contributed by atoms with Gasteiger partial charge in [0.15, 0.2) is 5.43 Å². The molecule has 3 rings (SSSR count). The molecule has 0 bridgehead atoms. The first-order valence-electron chi connectivity index (χ1n) is 7.69. The Hall–Kier alpha value is -3.08. The summed E-state index contributed by atoms with van der Waals surface area (Å²) in [5, 5.41) is 19.7. The highest BCUT2D eigenvalue weighted by molar-refractivity contribution is 6.30. The van der Waals surface area contributed by atoms with Gasteiger partial charge in [-0.2, -0.15) is 10.5 Å². The molecule has 25 heavy (non-hydrogen) atoms. The number of benzene rings is 2. The molecule has 0 spiro atoms. The van der Waals surface area contributed by atoms with Crippen LogP contribution >= 0.6 is 11.6 Å². The maximum Gasteiger partial charge on any atom is 0.192 e. The molecule has 0 amide bonds. The van der Waals surface area contributed by atoms with Crippen molar-refractivity contribution in [3.8, 4) is 12.1 Å². The maximum absolute atomic E-state index is 12.3. The number of para-hydroxylation sites is 1. The van der Waals surface area contributed by atoms with E-state index >= 15 is 0 Å². The lowest BCUT2D eigenvalue weighted by Gasteiger charge is -2.17. The summed E-state index contributed by atoms with van der Waals surface area (Å²) in [6.45, 7) is 0. The monoisotopic (exact) mass is 348 g/mol. The van der Waals surface area contributed by atoms with Crippen LogP contribution in [0.15, 0.2) is 63.8 Å². The molecule has 0 saturated carbocycles. The molecule has 0 aliphatic rings. The molecule has 0 saturated heterocycles. The van der Waals surface area contributed by atoms with Gasteiger partial charge in [0.2, 0.25) is 0 Å². The lowest BCUT2D eigenvalue weighted by atomic mass is 9.84. The Morgan fingerprint density at radius 3 is 2.40 bits per heavy atom. The van der Waals surface area contributed by atoms with Crippen LogP contribution in [0.1, 0.15) is 17.2 Å². The lowest BCUT2D eigenvalue weighted by molar-refractivity contribution is 0.486. The van der Waals surface area contributed by atoms with Crippen molar-refractivity contribution in [2.75, 3.05) is 0 Å². The summed E-state index contributed by atoms with van der Waals surface area (Å²) in [6.07, 6.45) is 0.271. The fraction of sp³-hybridized carbons (Fsp3) is 0.150. The number of fused-ring (bicyclic) bond motifs is 1. The van der Waals surface area contributed by atoms with Crippen molar-refractivity contribution in [1.29, 1.82) is 10.5 Å². The molecule has 1 unspecified atom stereocenters. The number of nitriles is 2. The van der Waals surface area contributed by atoms with E-state index in [4.69, 9.17) is 16.0 Å². The second-order valence-corrected chi connectivity index (χ2v) is 6.11. The average molecular weight is 349 g/mol. The van der Waals surface area contributed by atoms with E-state index in [0.29, 0.717) is 21.8 Å². The van der Waals surface area contributed by atoms with Crippen molar-refractivity contribution in [1.82, 2.24) is 0 Å². The van der Waals surface area contributed by atoms with Crippen molar-refractivity contribution in [2.45, 2.75) is 12.3 Å². The number of nitrogens with zero attached hydrogens (tertiary/aromatic N) is 2. The predicted molar refractivity (Wildman–Crippen MR) is 95.1 cm³/mol. The summed E-state index contributed by atoms with van der Waals surface area (Å²) < 4.78 is 5.81. The lowest BCUT2D eigenvalue weighted by Crippen LogP contribution is -2.14. The van der Waals surface area contributed by atoms with Gasteiger partial charge in [-0.1, -0.05) is 35.9 Å². The molecular formula is C20H13ClN2O2. The van der Waals surface area contributed by atoms with E-state index in [9.17, 15) is 15.3 Å². The molecule has 1 atom stereocenters. The van der Waals surface area contributed by atoms with E-state index < -0.39 is 11.8 Å². The third-order valence-electron chi connectivity index (χ3n) is 4.09. The van der Waals surface area contributed by atoms with Gasteiger partial charge in [-0.25, -0.2) is 0 Å². The van der Waals surface area contributed by atoms with Gasteiger partial charge in [0.25, 0.3) is 0 Å². The van der Waals surface area contributed by atoms with E-state index in [1.807, 2.05) is 12.1 Å². The predicted octanol–water partition coefficient (Wildman–Crippen LogP) is 4.44. The topological polar surface area (TPSA) is 77.8 Å². The third kappa shape index (κ3) is 3.55. The second kappa shape index (κ2) is 7.21. The standard InChI is InChI=1S/C20H13ClN2O2/c21-15-7-5-13(6-8-15)18(14(11-22)12-23)9-16-10-19(24)17-3-1-2-4-20(17)25-16/h1-8,10,14,18H,9H2. The second-order valence-electron chi connectivity index (χ2n) is 5.67. The number of rotatable bonds is 4. The highest BCUT2D eigenvalue weighted by Crippen LogP contribution is 2.29. The van der Waals surface area contributed by atoms with Crippen molar-refractivity contribution in [3.05, 3.63) is 81.2 Å². The SMILES string of the molecule is N#CC(C#N)C(Cc1cc(=O)c2ccccc2o1)c1ccc(Cl)cc1. The van der Waals surface area contributed by atoms with Crippen LogP contribution in [0.4, 0.5) is 0 Å². The number of hydrogen-bond donors (Lipinski definition) is 0. The Labute approximate surface area is 149 Å². The average Bonchev–Trinajstić information content (AvgIpc) is 2.63. The van der Waals surface area contributed by atoms with Gasteiger partial charge in [-0.05, 0) is 29.8 Å². The number of halogens is 1. The molecule has 0 aliphatic heterocycles. The van der Waals surface area contributed by atoms with Crippen LogP contribution in [0.3, 0.4) is 0 Å². The first kappa shape index (κ1) is 16.8. The summed E-state index contributed by atoms with van der Waals surface area (Å²) in [5.41, 5.74) is 1.15. The molecule has 4 nitrogen and oxygen atoms in total. The van der Waals surface area contributed by atoms with Crippen LogP contribution in [-0.2, 0) is 6.42 Å². The van der Waals surface area contributed by atoms with E-state index in [1.54, 1.807) is 48.5 Å². The molecule has 0 N–H and O–H groups in total. The Balaban J connectivity index is 2.04. The Morgan fingerprint density at radius 1 is 1.04 bits per heavy atom. The Bertz CT molecular complexity index is 1030. The summed E-state index contributed by atoms with van der Waals surface area (Å²) in [7, 11) is 0. The van der Waals surface area contributed by atoms with Crippen LogP contribution in [0.25, 0.3) is 11.0 Å². The molecule has 5 heteroatoms. The Kier molecular flexibility index (Phi) is 4.84. The van der Waals surface area contributed by atoms with Crippen LogP contribution in [0, 0.1) is 28.6 Å². The first-order valence-corrected chi connectivity index (χ1v) is 8.06. The zero-order chi connectivity index (χ0) is 17.8. The summed E-state index contributed by atoms with van der Waals surface area (Å²) in [5.74, 6) is -0.839. The van der Waals surface area contributed by atoms with Crippen LogP contribution < -0.4 is 5.43 Å². The molecule has 0 aliphatic carbocycles. The fourth-order valence-corrected chi connectivity index (χ4v) is 2.94. The minimum Gasteiger partial charge on any atom is -0.461 e. The van der Waals surface area contributed by atoms with Gasteiger partial charge in [-0.3, -0.25) is 4.79 Å². The zero-order valence-corrected chi connectivity index (χ0v) is 13.9. The van der Waals surface area contributed by atoms with Gasteiger partial charge < -0.3 is 4.42 Å². The molecule has 1 heterocycles. The van der Waals surface area contributed by atoms with Gasteiger partial charge >= 0.3 is 0 Å². The quantitative estimate of drug-likeness (QED) is 0.698. The smallest absolute Gasteiger partial charge is 0.192 e. The van der Waals surface area contributed by atoms with Crippen LogP contribution in [-0.4, -0.2) is 0 Å². The van der Waals surface area contributed by atoms with Gasteiger partial charge in [-0.15, -0.1) is 0 Å². The van der Waals surface area contributed by atoms with Crippen molar-refractivity contribution < 1.29 is 4.42 Å². The fourth-order valence-electron chi connectivity index (χ4n) is 2.82. The summed E-state index contributed by atoms with van der Waals surface area (Å²) >= 11 is 5.92. The molecular weight excluding hydrogens is 336 g/mol. The minimum absolute atomic E-state index is 0.142. The molecule has 1 aromatic heterocycles. The first-order chi connectivity index (χ1) is 12.1. The van der Waals surface area contributed by atoms with Gasteiger partial charge in [0.05, 0.1) is 17.5 Å². The molecule has 0 fully saturated rings. The van der Waals surface area contributed by atoms with E-state index in [0.717, 1.165) is 5.56 Å². The van der Waals surface area contributed by atoms with Crippen LogP contribution in [0.5, 0.6) is 0 Å². The van der Waals surface area contributed by atoms with Gasteiger partial charge in [0.1, 0.15) is 17.3 Å². The largest absolute Gasteiger partial charge is 0.461 e. The number of hydrogen-bond acceptors (Lipinski definition) is 4.